The summed E-state index contributed by atoms with van der Waals surface area (Å²) in [5, 5.41) is 4.62. The van der Waals surface area contributed by atoms with Crippen LogP contribution >= 0.6 is 0 Å². The second kappa shape index (κ2) is 8.30. The minimum atomic E-state index is -0.167. The first-order valence-electron chi connectivity index (χ1n) is 10.3. The quantitative estimate of drug-likeness (QED) is 0.877. The monoisotopic (exact) mass is 370 g/mol. The van der Waals surface area contributed by atoms with Crippen LogP contribution in [0.15, 0.2) is 29.1 Å². The lowest BCUT2D eigenvalue weighted by Gasteiger charge is -2.35. The molecule has 2 aliphatic rings. The number of aromatic nitrogens is 3. The Kier molecular flexibility index (Phi) is 5.62. The van der Waals surface area contributed by atoms with Crippen LogP contribution in [0.25, 0.3) is 5.69 Å². The molecule has 0 radical (unpaired) electrons. The zero-order valence-electron chi connectivity index (χ0n) is 16.2. The van der Waals surface area contributed by atoms with Crippen LogP contribution in [0.2, 0.25) is 0 Å². The van der Waals surface area contributed by atoms with Crippen LogP contribution < -0.4 is 10.4 Å². The minimum Gasteiger partial charge on any atom is -0.497 e. The SMILES string of the molecule is COc1ccc(-n2nc([C@H]3CCCN(CC4CCCCC4)C3)[nH]c2=O)cc1. The van der Waals surface area contributed by atoms with Crippen LogP contribution in [0.4, 0.5) is 0 Å². The number of likely N-dealkylation sites (tertiary alicyclic amines) is 1. The number of rotatable bonds is 5. The van der Waals surface area contributed by atoms with E-state index in [0.717, 1.165) is 36.1 Å². The number of aromatic amines is 1. The van der Waals surface area contributed by atoms with Gasteiger partial charge in [-0.05, 0) is 62.4 Å². The summed E-state index contributed by atoms with van der Waals surface area (Å²) < 4.78 is 6.66. The summed E-state index contributed by atoms with van der Waals surface area (Å²) in [6.07, 6.45) is 9.21. The molecule has 1 aromatic heterocycles. The molecule has 6 nitrogen and oxygen atoms in total. The molecule has 1 aliphatic heterocycles. The van der Waals surface area contributed by atoms with Crippen LogP contribution in [-0.2, 0) is 0 Å². The summed E-state index contributed by atoms with van der Waals surface area (Å²) in [4.78, 5) is 18.0. The Morgan fingerprint density at radius 1 is 1.11 bits per heavy atom. The summed E-state index contributed by atoms with van der Waals surface area (Å²) in [5.41, 5.74) is 0.595. The molecule has 146 valence electrons. The average molecular weight is 370 g/mol. The van der Waals surface area contributed by atoms with Crippen molar-refractivity contribution in [2.75, 3.05) is 26.7 Å². The zero-order chi connectivity index (χ0) is 18.6. The van der Waals surface area contributed by atoms with Crippen LogP contribution in [0, 0.1) is 5.92 Å². The second-order valence-corrected chi connectivity index (χ2v) is 8.03. The van der Waals surface area contributed by atoms with Gasteiger partial charge in [0.1, 0.15) is 11.6 Å². The van der Waals surface area contributed by atoms with Gasteiger partial charge < -0.3 is 9.64 Å². The largest absolute Gasteiger partial charge is 0.497 e. The van der Waals surface area contributed by atoms with Crippen LogP contribution in [0.5, 0.6) is 5.75 Å². The Morgan fingerprint density at radius 3 is 2.63 bits per heavy atom. The van der Waals surface area contributed by atoms with Gasteiger partial charge in [0, 0.05) is 19.0 Å². The normalized spacial score (nSPS) is 22.0. The van der Waals surface area contributed by atoms with Crippen molar-refractivity contribution in [3.05, 3.63) is 40.6 Å². The van der Waals surface area contributed by atoms with E-state index in [1.165, 1.54) is 56.3 Å². The van der Waals surface area contributed by atoms with Crippen molar-refractivity contribution in [3.8, 4) is 11.4 Å². The number of hydrogen-bond acceptors (Lipinski definition) is 4. The van der Waals surface area contributed by atoms with Crippen molar-refractivity contribution in [1.29, 1.82) is 0 Å². The van der Waals surface area contributed by atoms with E-state index in [0.29, 0.717) is 5.92 Å². The molecule has 4 rings (SSSR count). The van der Waals surface area contributed by atoms with Crippen molar-refractivity contribution in [3.63, 3.8) is 0 Å². The maximum atomic E-state index is 12.4. The summed E-state index contributed by atoms with van der Waals surface area (Å²) >= 11 is 0. The van der Waals surface area contributed by atoms with Crippen molar-refractivity contribution < 1.29 is 4.74 Å². The van der Waals surface area contributed by atoms with E-state index in [2.05, 4.69) is 15.0 Å². The molecule has 1 aliphatic carbocycles. The Labute approximate surface area is 160 Å². The van der Waals surface area contributed by atoms with Gasteiger partial charge in [-0.1, -0.05) is 19.3 Å². The lowest BCUT2D eigenvalue weighted by molar-refractivity contribution is 0.158. The van der Waals surface area contributed by atoms with Gasteiger partial charge in [-0.2, -0.15) is 4.68 Å². The van der Waals surface area contributed by atoms with Gasteiger partial charge in [0.15, 0.2) is 0 Å². The Morgan fingerprint density at radius 2 is 1.89 bits per heavy atom. The maximum Gasteiger partial charge on any atom is 0.348 e. The predicted molar refractivity (Wildman–Crippen MR) is 106 cm³/mol. The fraction of sp³-hybridized carbons (Fsp3) is 0.619. The fourth-order valence-corrected chi connectivity index (χ4v) is 4.60. The highest BCUT2D eigenvalue weighted by Gasteiger charge is 2.26. The van der Waals surface area contributed by atoms with E-state index in [4.69, 9.17) is 4.74 Å². The van der Waals surface area contributed by atoms with E-state index >= 15 is 0 Å². The number of benzene rings is 1. The summed E-state index contributed by atoms with van der Waals surface area (Å²) in [6, 6.07) is 7.42. The molecule has 1 saturated carbocycles. The molecule has 6 heteroatoms. The second-order valence-electron chi connectivity index (χ2n) is 8.03. The lowest BCUT2D eigenvalue weighted by Crippen LogP contribution is -2.38. The summed E-state index contributed by atoms with van der Waals surface area (Å²) in [5.74, 6) is 2.76. The Bertz CT molecular complexity index is 789. The number of ether oxygens (including phenoxy) is 1. The molecular weight excluding hydrogens is 340 g/mol. The standard InChI is InChI=1S/C21H30N4O2/c1-27-19-11-9-18(10-12-19)25-21(26)22-20(23-25)17-8-5-13-24(15-17)14-16-6-3-2-4-7-16/h9-12,16-17H,2-8,13-15H2,1H3,(H,22,23,26)/t17-/m0/s1. The first-order chi connectivity index (χ1) is 13.2. The summed E-state index contributed by atoms with van der Waals surface area (Å²) in [6.45, 7) is 3.39. The summed E-state index contributed by atoms with van der Waals surface area (Å²) in [7, 11) is 1.63. The predicted octanol–water partition coefficient (Wildman–Crippen LogP) is 3.33. The number of H-pyrrole nitrogens is 1. The molecule has 0 bridgehead atoms. The minimum absolute atomic E-state index is 0.167. The lowest BCUT2D eigenvalue weighted by atomic mass is 9.88. The van der Waals surface area contributed by atoms with Gasteiger partial charge in [0.25, 0.3) is 0 Å². The molecule has 2 fully saturated rings. The number of hydrogen-bond donors (Lipinski definition) is 1. The topological polar surface area (TPSA) is 63.1 Å². The maximum absolute atomic E-state index is 12.4. The third-order valence-electron chi connectivity index (χ3n) is 6.09. The molecule has 2 heterocycles. The van der Waals surface area contributed by atoms with Gasteiger partial charge in [-0.25, -0.2) is 4.79 Å². The van der Waals surface area contributed by atoms with Gasteiger partial charge in [0.2, 0.25) is 0 Å². The number of nitrogens with zero attached hydrogens (tertiary/aromatic N) is 3. The molecule has 0 unspecified atom stereocenters. The zero-order valence-corrected chi connectivity index (χ0v) is 16.2. The van der Waals surface area contributed by atoms with Crippen LogP contribution in [-0.4, -0.2) is 46.4 Å². The van der Waals surface area contributed by atoms with Gasteiger partial charge in [-0.3, -0.25) is 4.98 Å². The smallest absolute Gasteiger partial charge is 0.348 e. The van der Waals surface area contributed by atoms with Gasteiger partial charge in [-0.15, -0.1) is 5.10 Å². The highest BCUT2D eigenvalue weighted by Crippen LogP contribution is 2.29. The van der Waals surface area contributed by atoms with E-state index < -0.39 is 0 Å². The number of methoxy groups -OCH3 is 1. The first kappa shape index (κ1) is 18.3. The van der Waals surface area contributed by atoms with E-state index in [9.17, 15) is 4.79 Å². The molecule has 27 heavy (non-hydrogen) atoms. The van der Waals surface area contributed by atoms with E-state index in [1.807, 2.05) is 24.3 Å². The van der Waals surface area contributed by atoms with Crippen molar-refractivity contribution >= 4 is 0 Å². The average Bonchev–Trinajstić information content (AvgIpc) is 3.11. The first-order valence-corrected chi connectivity index (χ1v) is 10.3. The molecule has 0 spiro atoms. The van der Waals surface area contributed by atoms with Crippen LogP contribution in [0.3, 0.4) is 0 Å². The molecule has 0 amide bonds. The number of nitrogens with one attached hydrogen (secondary N) is 1. The van der Waals surface area contributed by atoms with Gasteiger partial charge in [0.05, 0.1) is 12.8 Å². The molecular formula is C21H30N4O2. The molecule has 1 N–H and O–H groups in total. The highest BCUT2D eigenvalue weighted by atomic mass is 16.5. The molecule has 1 saturated heterocycles. The third-order valence-corrected chi connectivity index (χ3v) is 6.09. The Balaban J connectivity index is 1.45. The molecule has 1 aromatic carbocycles. The van der Waals surface area contributed by atoms with E-state index in [-0.39, 0.29) is 5.69 Å². The van der Waals surface area contributed by atoms with E-state index in [1.54, 1.807) is 7.11 Å². The number of piperidine rings is 1. The van der Waals surface area contributed by atoms with Crippen molar-refractivity contribution in [2.24, 2.45) is 5.92 Å². The fourth-order valence-electron chi connectivity index (χ4n) is 4.60. The van der Waals surface area contributed by atoms with Gasteiger partial charge >= 0.3 is 5.69 Å². The molecule has 2 aromatic rings. The van der Waals surface area contributed by atoms with Crippen molar-refractivity contribution in [1.82, 2.24) is 19.7 Å². The Hall–Kier alpha value is -2.08. The van der Waals surface area contributed by atoms with Crippen molar-refractivity contribution in [2.45, 2.75) is 50.9 Å². The highest BCUT2D eigenvalue weighted by molar-refractivity contribution is 5.36. The molecule has 1 atom stereocenters. The third kappa shape index (κ3) is 4.26. The van der Waals surface area contributed by atoms with Crippen LogP contribution in [0.1, 0.15) is 56.7 Å².